The molecule has 142 valence electrons. The van der Waals surface area contributed by atoms with Gasteiger partial charge in [0, 0.05) is 12.4 Å². The average molecular weight is 454 g/mol. The highest BCUT2D eigenvalue weighted by Gasteiger charge is 2.25. The summed E-state index contributed by atoms with van der Waals surface area (Å²) in [5.74, 6) is -0.407. The summed E-state index contributed by atoms with van der Waals surface area (Å²) in [6.07, 6.45) is 2.72. The van der Waals surface area contributed by atoms with Gasteiger partial charge in [0.1, 0.15) is 0 Å². The van der Waals surface area contributed by atoms with Crippen LogP contribution in [-0.2, 0) is 14.8 Å². The summed E-state index contributed by atoms with van der Waals surface area (Å²) in [5.41, 5.74) is 1.02. The van der Waals surface area contributed by atoms with Gasteiger partial charge in [-0.2, -0.15) is 13.4 Å². The number of rotatable bonds is 5. The van der Waals surface area contributed by atoms with Gasteiger partial charge in [0.25, 0.3) is 21.0 Å². The third-order valence-corrected chi connectivity index (χ3v) is 5.44. The van der Waals surface area contributed by atoms with E-state index >= 15 is 0 Å². The van der Waals surface area contributed by atoms with Crippen molar-refractivity contribution >= 4 is 43.4 Å². The van der Waals surface area contributed by atoms with Crippen LogP contribution in [-0.4, -0.2) is 40.1 Å². The highest BCUT2D eigenvalue weighted by atomic mass is 79.9. The zero-order chi connectivity index (χ0) is 19.8. The number of ether oxygens (including phenoxy) is 1. The van der Waals surface area contributed by atoms with Gasteiger partial charge in [0.2, 0.25) is 0 Å². The largest absolute Gasteiger partial charge is 0.459 e. The topological polar surface area (TPSA) is 116 Å². The lowest BCUT2D eigenvalue weighted by Gasteiger charge is -2.15. The number of benzene rings is 1. The maximum absolute atomic E-state index is 12.7. The second-order valence-electron chi connectivity index (χ2n) is 5.94. The van der Waals surface area contributed by atoms with Crippen LogP contribution in [0, 0.1) is 6.92 Å². The SMILES string of the molecule is Cc1ccc(C(=O)OC(C)C)c(Br)c1NS(=O)(=O)c1nc2ncccn2n1. The van der Waals surface area contributed by atoms with E-state index in [1.54, 1.807) is 39.0 Å². The number of aryl methyl sites for hydroxylation is 1. The zero-order valence-corrected chi connectivity index (χ0v) is 17.1. The number of halogens is 1. The lowest BCUT2D eigenvalue weighted by molar-refractivity contribution is 0.0377. The zero-order valence-electron chi connectivity index (χ0n) is 14.7. The number of carbonyl (C=O) groups is 1. The second kappa shape index (κ2) is 7.24. The van der Waals surface area contributed by atoms with Crippen molar-refractivity contribution in [1.82, 2.24) is 19.6 Å². The maximum Gasteiger partial charge on any atom is 0.339 e. The van der Waals surface area contributed by atoms with E-state index in [4.69, 9.17) is 4.74 Å². The molecule has 3 aromatic rings. The first-order valence-electron chi connectivity index (χ1n) is 7.89. The monoisotopic (exact) mass is 453 g/mol. The summed E-state index contributed by atoms with van der Waals surface area (Å²) in [5, 5.41) is 3.49. The minimum atomic E-state index is -4.10. The summed E-state index contributed by atoms with van der Waals surface area (Å²) in [7, 11) is -4.10. The summed E-state index contributed by atoms with van der Waals surface area (Å²) in [6.45, 7) is 5.16. The van der Waals surface area contributed by atoms with Crippen LogP contribution in [0.2, 0.25) is 0 Å². The summed E-state index contributed by atoms with van der Waals surface area (Å²) < 4.78 is 34.6. The molecule has 0 aliphatic rings. The van der Waals surface area contributed by atoms with Crippen LogP contribution in [0.1, 0.15) is 29.8 Å². The fourth-order valence-electron chi connectivity index (χ4n) is 2.24. The molecule has 0 fully saturated rings. The van der Waals surface area contributed by atoms with Crippen LogP contribution in [0.15, 0.2) is 40.2 Å². The summed E-state index contributed by atoms with van der Waals surface area (Å²) >= 11 is 3.30. The third-order valence-electron chi connectivity index (χ3n) is 3.49. The number of sulfonamides is 1. The van der Waals surface area contributed by atoms with E-state index in [1.165, 1.54) is 16.9 Å². The molecule has 1 aromatic carbocycles. The Morgan fingerprint density at radius 2 is 2.07 bits per heavy atom. The molecule has 0 aliphatic heterocycles. The number of hydrogen-bond donors (Lipinski definition) is 1. The molecule has 11 heteroatoms. The Labute approximate surface area is 164 Å². The van der Waals surface area contributed by atoms with Crippen molar-refractivity contribution in [1.29, 1.82) is 0 Å². The highest BCUT2D eigenvalue weighted by molar-refractivity contribution is 9.10. The number of esters is 1. The van der Waals surface area contributed by atoms with Crippen LogP contribution in [0.3, 0.4) is 0 Å². The number of carbonyl (C=O) groups excluding carboxylic acids is 1. The third kappa shape index (κ3) is 3.93. The number of nitrogens with one attached hydrogen (secondary N) is 1. The highest BCUT2D eigenvalue weighted by Crippen LogP contribution is 2.32. The van der Waals surface area contributed by atoms with E-state index in [0.717, 1.165) is 0 Å². The molecule has 0 radical (unpaired) electrons. The summed E-state index contributed by atoms with van der Waals surface area (Å²) in [6, 6.07) is 4.79. The van der Waals surface area contributed by atoms with E-state index in [2.05, 4.69) is 35.7 Å². The van der Waals surface area contributed by atoms with Gasteiger partial charge in [-0.25, -0.2) is 14.3 Å². The smallest absolute Gasteiger partial charge is 0.339 e. The lowest BCUT2D eigenvalue weighted by Crippen LogP contribution is -2.18. The van der Waals surface area contributed by atoms with E-state index < -0.39 is 21.1 Å². The number of aromatic nitrogens is 4. The van der Waals surface area contributed by atoms with E-state index in [0.29, 0.717) is 5.56 Å². The van der Waals surface area contributed by atoms with Crippen molar-refractivity contribution in [2.24, 2.45) is 0 Å². The molecule has 2 heterocycles. The Morgan fingerprint density at radius 3 is 2.74 bits per heavy atom. The molecule has 0 saturated heterocycles. The Balaban J connectivity index is 1.99. The van der Waals surface area contributed by atoms with E-state index in [-0.39, 0.29) is 27.6 Å². The van der Waals surface area contributed by atoms with Crippen molar-refractivity contribution in [2.75, 3.05) is 4.72 Å². The van der Waals surface area contributed by atoms with Crippen LogP contribution >= 0.6 is 15.9 Å². The van der Waals surface area contributed by atoms with Crippen molar-refractivity contribution in [3.05, 3.63) is 46.2 Å². The van der Waals surface area contributed by atoms with Gasteiger partial charge in [-0.05, 0) is 54.4 Å². The Bertz CT molecular complexity index is 1090. The number of nitrogens with zero attached hydrogens (tertiary/aromatic N) is 4. The standard InChI is InChI=1S/C16H16BrN5O4S/c1-9(2)26-14(23)11-6-5-10(3)13(12(11)17)21-27(24,25)16-19-15-18-7-4-8-22(15)20-16/h4-9,21H,1-3H3. The van der Waals surface area contributed by atoms with Crippen molar-refractivity contribution in [3.8, 4) is 0 Å². The molecule has 3 rings (SSSR count). The number of hydrogen-bond acceptors (Lipinski definition) is 7. The van der Waals surface area contributed by atoms with Gasteiger partial charge in [-0.1, -0.05) is 6.07 Å². The molecule has 0 amide bonds. The molecule has 0 bridgehead atoms. The minimum absolute atomic E-state index is 0.155. The molecular formula is C16H16BrN5O4S. The lowest BCUT2D eigenvalue weighted by atomic mass is 10.1. The number of anilines is 1. The summed E-state index contributed by atoms with van der Waals surface area (Å²) in [4.78, 5) is 20.1. The van der Waals surface area contributed by atoms with Gasteiger partial charge < -0.3 is 4.74 Å². The second-order valence-corrected chi connectivity index (χ2v) is 8.31. The molecule has 9 nitrogen and oxygen atoms in total. The molecule has 0 spiro atoms. The fraction of sp³-hybridized carbons (Fsp3) is 0.250. The van der Waals surface area contributed by atoms with Gasteiger partial charge in [0.05, 0.1) is 21.8 Å². The predicted octanol–water partition coefficient (Wildman–Crippen LogP) is 2.56. The van der Waals surface area contributed by atoms with Crippen LogP contribution in [0.5, 0.6) is 0 Å². The molecular weight excluding hydrogens is 438 g/mol. The van der Waals surface area contributed by atoms with Crippen LogP contribution < -0.4 is 4.72 Å². The first-order valence-corrected chi connectivity index (χ1v) is 10.2. The predicted molar refractivity (Wildman–Crippen MR) is 101 cm³/mol. The average Bonchev–Trinajstić information content (AvgIpc) is 3.03. The first-order chi connectivity index (χ1) is 12.7. The minimum Gasteiger partial charge on any atom is -0.459 e. The normalized spacial score (nSPS) is 11.7. The Morgan fingerprint density at radius 1 is 1.33 bits per heavy atom. The van der Waals surface area contributed by atoms with E-state index in [1.807, 2.05) is 0 Å². The van der Waals surface area contributed by atoms with Crippen molar-refractivity contribution < 1.29 is 17.9 Å². The van der Waals surface area contributed by atoms with Gasteiger partial charge in [-0.15, -0.1) is 5.10 Å². The Hall–Kier alpha value is -2.53. The van der Waals surface area contributed by atoms with Crippen molar-refractivity contribution in [3.63, 3.8) is 0 Å². The quantitative estimate of drug-likeness (QED) is 0.589. The number of fused-ring (bicyclic) bond motifs is 1. The fourth-order valence-corrected chi connectivity index (χ4v) is 4.10. The molecule has 0 saturated carbocycles. The van der Waals surface area contributed by atoms with Gasteiger partial charge >= 0.3 is 5.97 Å². The van der Waals surface area contributed by atoms with E-state index in [9.17, 15) is 13.2 Å². The van der Waals surface area contributed by atoms with Crippen LogP contribution in [0.25, 0.3) is 5.78 Å². The van der Waals surface area contributed by atoms with Crippen LogP contribution in [0.4, 0.5) is 5.69 Å². The molecule has 0 unspecified atom stereocenters. The Kier molecular flexibility index (Phi) is 5.16. The molecule has 2 aromatic heterocycles. The molecule has 0 atom stereocenters. The van der Waals surface area contributed by atoms with Gasteiger partial charge in [0.15, 0.2) is 0 Å². The molecule has 0 aliphatic carbocycles. The first kappa shape index (κ1) is 19.2. The molecule has 1 N–H and O–H groups in total. The molecule has 27 heavy (non-hydrogen) atoms. The van der Waals surface area contributed by atoms with Gasteiger partial charge in [-0.3, -0.25) is 4.72 Å². The van der Waals surface area contributed by atoms with Crippen molar-refractivity contribution in [2.45, 2.75) is 32.0 Å². The maximum atomic E-state index is 12.7.